The maximum absolute atomic E-state index is 6.01. The van der Waals surface area contributed by atoms with E-state index in [0.29, 0.717) is 12.6 Å². The molecule has 0 saturated carbocycles. The van der Waals surface area contributed by atoms with E-state index in [-0.39, 0.29) is 0 Å². The molecule has 2 heterocycles. The predicted molar refractivity (Wildman–Crippen MR) is 78.0 cm³/mol. The van der Waals surface area contributed by atoms with Crippen LogP contribution in [0.15, 0.2) is 12.4 Å². The van der Waals surface area contributed by atoms with E-state index in [4.69, 9.17) is 5.73 Å². The second-order valence-corrected chi connectivity index (χ2v) is 5.48. The maximum atomic E-state index is 6.01. The largest absolute Gasteiger partial charge is 0.329 e. The SMILES string of the molecule is CCCn1cc(C(CN)N2CCCN(C)CC2)cn1. The third kappa shape index (κ3) is 3.78. The second kappa shape index (κ2) is 7.03. The topological polar surface area (TPSA) is 50.3 Å². The van der Waals surface area contributed by atoms with Gasteiger partial charge in [-0.1, -0.05) is 6.92 Å². The van der Waals surface area contributed by atoms with Gasteiger partial charge >= 0.3 is 0 Å². The van der Waals surface area contributed by atoms with Crippen LogP contribution in [0.2, 0.25) is 0 Å². The lowest BCUT2D eigenvalue weighted by atomic mass is 10.1. The van der Waals surface area contributed by atoms with Crippen LogP contribution in [-0.4, -0.2) is 59.4 Å². The number of nitrogens with two attached hydrogens (primary N) is 1. The molecule has 0 bridgehead atoms. The standard InChI is InChI=1S/C14H27N5/c1-3-5-19-12-13(11-16-19)14(10-15)18-7-4-6-17(2)8-9-18/h11-12,14H,3-10,15H2,1-2H3. The van der Waals surface area contributed by atoms with Gasteiger partial charge in [0.1, 0.15) is 0 Å². The average Bonchev–Trinajstić information content (AvgIpc) is 2.74. The summed E-state index contributed by atoms with van der Waals surface area (Å²) in [6, 6.07) is 0.317. The minimum absolute atomic E-state index is 0.317. The van der Waals surface area contributed by atoms with E-state index >= 15 is 0 Å². The molecule has 1 fully saturated rings. The molecule has 1 aromatic rings. The summed E-state index contributed by atoms with van der Waals surface area (Å²) >= 11 is 0. The van der Waals surface area contributed by atoms with Gasteiger partial charge < -0.3 is 10.6 Å². The molecular formula is C14H27N5. The van der Waals surface area contributed by atoms with Crippen LogP contribution >= 0.6 is 0 Å². The molecule has 0 amide bonds. The summed E-state index contributed by atoms with van der Waals surface area (Å²) in [6.45, 7) is 8.36. The van der Waals surface area contributed by atoms with Crippen LogP contribution < -0.4 is 5.73 Å². The van der Waals surface area contributed by atoms with E-state index in [1.165, 1.54) is 18.5 Å². The Morgan fingerprint density at radius 2 is 2.16 bits per heavy atom. The molecule has 1 aliphatic heterocycles. The van der Waals surface area contributed by atoms with Crippen LogP contribution in [0, 0.1) is 0 Å². The highest BCUT2D eigenvalue weighted by Gasteiger charge is 2.22. The maximum Gasteiger partial charge on any atom is 0.0538 e. The van der Waals surface area contributed by atoms with Crippen molar-refractivity contribution < 1.29 is 0 Å². The zero-order valence-electron chi connectivity index (χ0n) is 12.3. The number of hydrogen-bond acceptors (Lipinski definition) is 4. The van der Waals surface area contributed by atoms with E-state index in [1.54, 1.807) is 0 Å². The fourth-order valence-electron chi connectivity index (χ4n) is 2.78. The van der Waals surface area contributed by atoms with Gasteiger partial charge in [-0.2, -0.15) is 5.10 Å². The highest BCUT2D eigenvalue weighted by molar-refractivity contribution is 5.11. The number of hydrogen-bond donors (Lipinski definition) is 1. The van der Waals surface area contributed by atoms with Gasteiger partial charge in [-0.15, -0.1) is 0 Å². The first kappa shape index (κ1) is 14.5. The van der Waals surface area contributed by atoms with Crippen LogP contribution in [0.3, 0.4) is 0 Å². The van der Waals surface area contributed by atoms with Gasteiger partial charge in [-0.05, 0) is 26.4 Å². The lowest BCUT2D eigenvalue weighted by molar-refractivity contribution is 0.208. The first-order chi connectivity index (χ1) is 9.24. The van der Waals surface area contributed by atoms with E-state index < -0.39 is 0 Å². The molecule has 0 aliphatic carbocycles. The summed E-state index contributed by atoms with van der Waals surface area (Å²) in [5, 5.41) is 4.43. The Balaban J connectivity index is 2.05. The van der Waals surface area contributed by atoms with E-state index in [0.717, 1.165) is 32.6 Å². The number of aryl methyl sites for hydroxylation is 1. The van der Waals surface area contributed by atoms with Crippen molar-refractivity contribution in [1.82, 2.24) is 19.6 Å². The van der Waals surface area contributed by atoms with Crippen molar-refractivity contribution in [3.05, 3.63) is 18.0 Å². The third-order valence-corrected chi connectivity index (χ3v) is 3.91. The van der Waals surface area contributed by atoms with E-state index in [9.17, 15) is 0 Å². The normalized spacial score (nSPS) is 20.4. The number of nitrogens with zero attached hydrogens (tertiary/aromatic N) is 4. The highest BCUT2D eigenvalue weighted by atomic mass is 15.3. The molecule has 5 nitrogen and oxygen atoms in total. The molecule has 1 aliphatic rings. The number of aromatic nitrogens is 2. The van der Waals surface area contributed by atoms with Gasteiger partial charge in [0.25, 0.3) is 0 Å². The quantitative estimate of drug-likeness (QED) is 0.860. The molecule has 5 heteroatoms. The van der Waals surface area contributed by atoms with Crippen molar-refractivity contribution >= 4 is 0 Å². The van der Waals surface area contributed by atoms with Crippen molar-refractivity contribution in [2.24, 2.45) is 5.73 Å². The first-order valence-electron chi connectivity index (χ1n) is 7.39. The van der Waals surface area contributed by atoms with Crippen LogP contribution in [0.4, 0.5) is 0 Å². The summed E-state index contributed by atoms with van der Waals surface area (Å²) in [6.07, 6.45) is 6.48. The van der Waals surface area contributed by atoms with Crippen LogP contribution in [0.25, 0.3) is 0 Å². The molecule has 1 aromatic heterocycles. The Bertz CT molecular complexity index is 376. The van der Waals surface area contributed by atoms with Crippen molar-refractivity contribution in [2.75, 3.05) is 39.8 Å². The van der Waals surface area contributed by atoms with Crippen LogP contribution in [-0.2, 0) is 6.54 Å². The molecule has 19 heavy (non-hydrogen) atoms. The lowest BCUT2D eigenvalue weighted by Crippen LogP contribution is -2.36. The minimum Gasteiger partial charge on any atom is -0.329 e. The monoisotopic (exact) mass is 265 g/mol. The van der Waals surface area contributed by atoms with Gasteiger partial charge in [0.2, 0.25) is 0 Å². The molecule has 0 spiro atoms. The molecule has 0 aromatic carbocycles. The van der Waals surface area contributed by atoms with Crippen LogP contribution in [0.5, 0.6) is 0 Å². The molecule has 0 radical (unpaired) electrons. The molecule has 2 N–H and O–H groups in total. The Hall–Kier alpha value is -0.910. The Morgan fingerprint density at radius 3 is 2.89 bits per heavy atom. The summed E-state index contributed by atoms with van der Waals surface area (Å²) < 4.78 is 2.03. The molecule has 1 saturated heterocycles. The third-order valence-electron chi connectivity index (χ3n) is 3.91. The zero-order valence-corrected chi connectivity index (χ0v) is 12.3. The smallest absolute Gasteiger partial charge is 0.0538 e. The van der Waals surface area contributed by atoms with Gasteiger partial charge in [-0.25, -0.2) is 0 Å². The molecule has 1 unspecified atom stereocenters. The number of rotatable bonds is 5. The fourth-order valence-corrected chi connectivity index (χ4v) is 2.78. The first-order valence-corrected chi connectivity index (χ1v) is 7.39. The van der Waals surface area contributed by atoms with Crippen molar-refractivity contribution in [1.29, 1.82) is 0 Å². The summed E-state index contributed by atoms with van der Waals surface area (Å²) in [7, 11) is 2.19. The Kier molecular flexibility index (Phi) is 5.36. The van der Waals surface area contributed by atoms with Crippen molar-refractivity contribution in [3.8, 4) is 0 Å². The predicted octanol–water partition coefficient (Wildman–Crippen LogP) is 0.930. The molecule has 2 rings (SSSR count). The highest BCUT2D eigenvalue weighted by Crippen LogP contribution is 2.20. The number of likely N-dealkylation sites (N-methyl/N-ethyl adjacent to an activating group) is 1. The molecular weight excluding hydrogens is 238 g/mol. The average molecular weight is 265 g/mol. The molecule has 108 valence electrons. The van der Waals surface area contributed by atoms with Gasteiger partial charge in [0.15, 0.2) is 0 Å². The Labute approximate surface area is 116 Å². The van der Waals surface area contributed by atoms with Gasteiger partial charge in [-0.3, -0.25) is 9.58 Å². The lowest BCUT2D eigenvalue weighted by Gasteiger charge is -2.28. The van der Waals surface area contributed by atoms with Crippen molar-refractivity contribution in [2.45, 2.75) is 32.4 Å². The van der Waals surface area contributed by atoms with Gasteiger partial charge in [0.05, 0.1) is 12.2 Å². The zero-order chi connectivity index (χ0) is 13.7. The second-order valence-electron chi connectivity index (χ2n) is 5.48. The van der Waals surface area contributed by atoms with Crippen LogP contribution in [0.1, 0.15) is 31.4 Å². The van der Waals surface area contributed by atoms with Crippen molar-refractivity contribution in [3.63, 3.8) is 0 Å². The summed E-state index contributed by atoms with van der Waals surface area (Å²) in [4.78, 5) is 4.91. The van der Waals surface area contributed by atoms with E-state index in [1.807, 2.05) is 10.9 Å². The Morgan fingerprint density at radius 1 is 1.32 bits per heavy atom. The summed E-state index contributed by atoms with van der Waals surface area (Å²) in [5.41, 5.74) is 7.28. The fraction of sp³-hybridized carbons (Fsp3) is 0.786. The summed E-state index contributed by atoms with van der Waals surface area (Å²) in [5.74, 6) is 0. The molecule has 1 atom stereocenters. The van der Waals surface area contributed by atoms with Gasteiger partial charge in [0, 0.05) is 44.5 Å². The van der Waals surface area contributed by atoms with E-state index in [2.05, 4.69) is 35.1 Å². The minimum atomic E-state index is 0.317.